The van der Waals surface area contributed by atoms with E-state index in [-0.39, 0.29) is 24.0 Å². The first-order chi connectivity index (χ1) is 12.2. The van der Waals surface area contributed by atoms with Crippen molar-refractivity contribution in [1.29, 1.82) is 0 Å². The molecule has 4 rings (SSSR count). The van der Waals surface area contributed by atoms with Crippen molar-refractivity contribution in [3.63, 3.8) is 0 Å². The van der Waals surface area contributed by atoms with Gasteiger partial charge in [0.2, 0.25) is 5.52 Å². The normalized spacial score (nSPS) is 14.8. The second-order valence-corrected chi connectivity index (χ2v) is 8.01. The summed E-state index contributed by atoms with van der Waals surface area (Å²) in [6, 6.07) is 15.7. The molecular formula is C22H25IN2S. The summed E-state index contributed by atoms with van der Waals surface area (Å²) < 4.78 is 3.62. The molecule has 0 bridgehead atoms. The standard InChI is InChI=1S/C22H25N2S.HI/c1-17-6-12-21-20(16-17)23(2)22(25-21)13-9-18-7-10-19(11-8-18)24-14-4-3-5-15-24;/h6-13,16H,3-5,14-15H2,1-2H3;1H/q+1;/p-1. The Bertz CT molecular complexity index is 906. The number of aromatic nitrogens is 1. The van der Waals surface area contributed by atoms with E-state index in [0.29, 0.717) is 0 Å². The van der Waals surface area contributed by atoms with E-state index in [4.69, 9.17) is 0 Å². The van der Waals surface area contributed by atoms with Crippen molar-refractivity contribution in [3.8, 4) is 0 Å². The second kappa shape index (κ2) is 8.53. The Hall–Kier alpha value is -1.40. The highest BCUT2D eigenvalue weighted by atomic mass is 127. The first-order valence-electron chi connectivity index (χ1n) is 9.13. The van der Waals surface area contributed by atoms with Gasteiger partial charge in [0.25, 0.3) is 5.01 Å². The van der Waals surface area contributed by atoms with Crippen LogP contribution in [0.15, 0.2) is 42.5 Å². The van der Waals surface area contributed by atoms with Gasteiger partial charge >= 0.3 is 0 Å². The highest BCUT2D eigenvalue weighted by Crippen LogP contribution is 2.24. The molecule has 0 N–H and O–H groups in total. The van der Waals surface area contributed by atoms with Gasteiger partial charge in [-0.3, -0.25) is 0 Å². The first kappa shape index (κ1) is 19.4. The molecule has 136 valence electrons. The number of anilines is 1. The molecule has 2 heterocycles. The minimum atomic E-state index is 0. The molecule has 1 aromatic heterocycles. The maximum atomic E-state index is 2.51. The third-order valence-corrected chi connectivity index (χ3v) is 6.24. The van der Waals surface area contributed by atoms with Gasteiger partial charge in [-0.05, 0) is 61.6 Å². The first-order valence-corrected chi connectivity index (χ1v) is 9.95. The molecule has 0 unspecified atom stereocenters. The van der Waals surface area contributed by atoms with E-state index >= 15 is 0 Å². The van der Waals surface area contributed by atoms with Crippen molar-refractivity contribution in [3.05, 3.63) is 58.6 Å². The number of nitrogens with zero attached hydrogens (tertiary/aromatic N) is 2. The summed E-state index contributed by atoms with van der Waals surface area (Å²) in [5.74, 6) is 0. The molecule has 1 aliphatic heterocycles. The predicted molar refractivity (Wildman–Crippen MR) is 109 cm³/mol. The van der Waals surface area contributed by atoms with Crippen LogP contribution in [0.2, 0.25) is 0 Å². The van der Waals surface area contributed by atoms with Crippen molar-refractivity contribution >= 4 is 39.4 Å². The Kier molecular flexibility index (Phi) is 6.35. The fourth-order valence-corrected chi connectivity index (χ4v) is 4.57. The molecule has 1 fully saturated rings. The van der Waals surface area contributed by atoms with Gasteiger partial charge in [-0.25, -0.2) is 0 Å². The molecule has 3 aromatic rings. The smallest absolute Gasteiger partial charge is 0.262 e. The van der Waals surface area contributed by atoms with Gasteiger partial charge in [-0.1, -0.05) is 29.5 Å². The van der Waals surface area contributed by atoms with E-state index in [2.05, 4.69) is 78.1 Å². The zero-order valence-corrected chi connectivity index (χ0v) is 18.4. The summed E-state index contributed by atoms with van der Waals surface area (Å²) in [4.78, 5) is 2.51. The third kappa shape index (κ3) is 4.12. The van der Waals surface area contributed by atoms with Gasteiger partial charge < -0.3 is 28.9 Å². The number of piperidine rings is 1. The van der Waals surface area contributed by atoms with Crippen molar-refractivity contribution in [2.24, 2.45) is 7.05 Å². The van der Waals surface area contributed by atoms with Crippen LogP contribution in [-0.4, -0.2) is 13.1 Å². The van der Waals surface area contributed by atoms with Gasteiger partial charge in [-0.2, -0.15) is 4.57 Å². The largest absolute Gasteiger partial charge is 1.00 e. The third-order valence-electron chi connectivity index (χ3n) is 5.05. The maximum absolute atomic E-state index is 2.51. The van der Waals surface area contributed by atoms with Crippen LogP contribution in [-0.2, 0) is 7.05 Å². The molecule has 0 spiro atoms. The number of aryl methyl sites for hydroxylation is 2. The van der Waals surface area contributed by atoms with Gasteiger partial charge in [-0.15, -0.1) is 0 Å². The van der Waals surface area contributed by atoms with Crippen molar-refractivity contribution in [1.82, 2.24) is 0 Å². The van der Waals surface area contributed by atoms with Crippen LogP contribution in [0.3, 0.4) is 0 Å². The topological polar surface area (TPSA) is 7.12 Å². The zero-order chi connectivity index (χ0) is 17.2. The van der Waals surface area contributed by atoms with Crippen molar-refractivity contribution < 1.29 is 28.5 Å². The average Bonchev–Trinajstić information content (AvgIpc) is 2.97. The highest BCUT2D eigenvalue weighted by Gasteiger charge is 2.14. The lowest BCUT2D eigenvalue weighted by atomic mass is 10.1. The Labute approximate surface area is 177 Å². The average molecular weight is 476 g/mol. The summed E-state index contributed by atoms with van der Waals surface area (Å²) >= 11 is 1.85. The Morgan fingerprint density at radius 1 is 0.962 bits per heavy atom. The quantitative estimate of drug-likeness (QED) is 0.416. The summed E-state index contributed by atoms with van der Waals surface area (Å²) in [7, 11) is 2.15. The lowest BCUT2D eigenvalue weighted by molar-refractivity contribution is -0.642. The zero-order valence-electron chi connectivity index (χ0n) is 15.4. The Morgan fingerprint density at radius 2 is 1.69 bits per heavy atom. The predicted octanol–water partition coefficient (Wildman–Crippen LogP) is 2.20. The summed E-state index contributed by atoms with van der Waals surface area (Å²) in [5.41, 5.74) is 5.24. The summed E-state index contributed by atoms with van der Waals surface area (Å²) in [5, 5.41) is 1.28. The molecule has 0 saturated carbocycles. The van der Waals surface area contributed by atoms with Crippen molar-refractivity contribution in [2.45, 2.75) is 26.2 Å². The summed E-state index contributed by atoms with van der Waals surface area (Å²) in [6.07, 6.45) is 8.48. The van der Waals surface area contributed by atoms with E-state index in [9.17, 15) is 0 Å². The van der Waals surface area contributed by atoms with Crippen LogP contribution < -0.4 is 33.4 Å². The molecule has 0 amide bonds. The van der Waals surface area contributed by atoms with Crippen LogP contribution in [0, 0.1) is 6.92 Å². The number of rotatable bonds is 3. The number of thiazole rings is 1. The maximum Gasteiger partial charge on any atom is 0.262 e. The molecule has 0 atom stereocenters. The van der Waals surface area contributed by atoms with Gasteiger partial charge in [0, 0.05) is 30.9 Å². The molecule has 0 aliphatic carbocycles. The number of fused-ring (bicyclic) bond motifs is 1. The van der Waals surface area contributed by atoms with E-state index in [0.717, 1.165) is 0 Å². The lowest BCUT2D eigenvalue weighted by Crippen LogP contribution is -3.00. The van der Waals surface area contributed by atoms with Crippen LogP contribution in [0.1, 0.15) is 35.4 Å². The van der Waals surface area contributed by atoms with Crippen LogP contribution >= 0.6 is 11.3 Å². The lowest BCUT2D eigenvalue weighted by Gasteiger charge is -2.28. The number of halogens is 1. The molecule has 1 aliphatic rings. The van der Waals surface area contributed by atoms with Crippen LogP contribution in [0.5, 0.6) is 0 Å². The number of hydrogen-bond donors (Lipinski definition) is 0. The molecule has 1 saturated heterocycles. The SMILES string of the molecule is Cc1ccc2sc(C=Cc3ccc(N4CCCCC4)cc3)[n+](C)c2c1.[I-]. The molecule has 26 heavy (non-hydrogen) atoms. The molecule has 0 radical (unpaired) electrons. The fourth-order valence-electron chi connectivity index (χ4n) is 3.54. The van der Waals surface area contributed by atoms with Crippen molar-refractivity contribution in [2.75, 3.05) is 18.0 Å². The monoisotopic (exact) mass is 476 g/mol. The minimum Gasteiger partial charge on any atom is -1.00 e. The molecule has 2 aromatic carbocycles. The molecular weight excluding hydrogens is 451 g/mol. The van der Waals surface area contributed by atoms with E-state index in [1.807, 2.05) is 11.3 Å². The molecule has 2 nitrogen and oxygen atoms in total. The van der Waals surface area contributed by atoms with E-state index < -0.39 is 0 Å². The number of hydrogen-bond acceptors (Lipinski definition) is 2. The Morgan fingerprint density at radius 3 is 2.42 bits per heavy atom. The number of benzene rings is 2. The minimum absolute atomic E-state index is 0. The highest BCUT2D eigenvalue weighted by molar-refractivity contribution is 7.18. The van der Waals surface area contributed by atoms with Gasteiger partial charge in [0.05, 0.1) is 0 Å². The molecule has 4 heteroatoms. The van der Waals surface area contributed by atoms with Crippen LogP contribution in [0.4, 0.5) is 5.69 Å². The van der Waals surface area contributed by atoms with Gasteiger partial charge in [0.1, 0.15) is 11.7 Å². The van der Waals surface area contributed by atoms with Crippen LogP contribution in [0.25, 0.3) is 22.4 Å². The fraction of sp³-hybridized carbons (Fsp3) is 0.318. The summed E-state index contributed by atoms with van der Waals surface area (Å²) in [6.45, 7) is 4.55. The van der Waals surface area contributed by atoms with E-state index in [1.54, 1.807) is 0 Å². The second-order valence-electron chi connectivity index (χ2n) is 6.94. The van der Waals surface area contributed by atoms with Gasteiger partial charge in [0.15, 0.2) is 0 Å². The van der Waals surface area contributed by atoms with E-state index in [1.165, 1.54) is 64.4 Å². The Balaban J connectivity index is 0.00000196.